The Morgan fingerprint density at radius 2 is 2.06 bits per heavy atom. The Bertz CT molecular complexity index is 827. The number of aldehydes is 1. The van der Waals surface area contributed by atoms with Crippen LogP contribution in [0.25, 0.3) is 0 Å². The number of amidine groups is 1. The van der Waals surface area contributed by atoms with Gasteiger partial charge in [0.15, 0.2) is 0 Å². The van der Waals surface area contributed by atoms with Gasteiger partial charge in [-0.1, -0.05) is 37.7 Å². The van der Waals surface area contributed by atoms with Crippen LogP contribution in [0.2, 0.25) is 0 Å². The number of rotatable bonds is 10. The molecule has 0 spiro atoms. The summed E-state index contributed by atoms with van der Waals surface area (Å²) in [5.41, 5.74) is 4.00. The summed E-state index contributed by atoms with van der Waals surface area (Å²) in [5, 5.41) is 1.93. The molecule has 2 heterocycles. The lowest BCUT2D eigenvalue weighted by atomic mass is 10.0. The van der Waals surface area contributed by atoms with Gasteiger partial charge < -0.3 is 24.6 Å². The van der Waals surface area contributed by atoms with E-state index in [4.69, 9.17) is 9.57 Å². The number of benzene rings is 1. The maximum atomic E-state index is 11.5. The number of aliphatic imine (C=N–C) groups is 1. The van der Waals surface area contributed by atoms with Crippen molar-refractivity contribution in [2.75, 3.05) is 40.3 Å². The van der Waals surface area contributed by atoms with Crippen LogP contribution < -0.4 is 15.5 Å². The van der Waals surface area contributed by atoms with E-state index in [1.54, 1.807) is 7.05 Å². The molecule has 2 aliphatic rings. The number of nitrogens with zero attached hydrogens (tertiary/aromatic N) is 3. The van der Waals surface area contributed by atoms with E-state index in [1.165, 1.54) is 0 Å². The minimum atomic E-state index is -0.396. The van der Waals surface area contributed by atoms with Gasteiger partial charge in [0, 0.05) is 32.7 Å². The van der Waals surface area contributed by atoms with Crippen molar-refractivity contribution in [3.05, 3.63) is 29.8 Å². The van der Waals surface area contributed by atoms with Crippen molar-refractivity contribution < 1.29 is 19.2 Å². The molecule has 2 unspecified atom stereocenters. The fraction of sp³-hybridized carbons (Fsp3) is 0.625. The molecule has 1 aromatic rings. The van der Waals surface area contributed by atoms with Crippen LogP contribution in [0.15, 0.2) is 29.3 Å². The van der Waals surface area contributed by atoms with Crippen molar-refractivity contribution in [2.45, 2.75) is 50.6 Å². The predicted octanol–water partition coefficient (Wildman–Crippen LogP) is 2.52. The predicted molar refractivity (Wildman–Crippen MR) is 135 cm³/mol. The zero-order valence-corrected chi connectivity index (χ0v) is 21.3. The van der Waals surface area contributed by atoms with Gasteiger partial charge in [0.05, 0.1) is 5.25 Å². The quantitative estimate of drug-likeness (QED) is 0.482. The summed E-state index contributed by atoms with van der Waals surface area (Å²) in [6.45, 7) is 7.57. The molecule has 0 bridgehead atoms. The van der Waals surface area contributed by atoms with Gasteiger partial charge in [-0.25, -0.2) is 4.99 Å². The number of carbonyl (C=O) groups excluding carboxylic acids is 2. The van der Waals surface area contributed by atoms with E-state index in [1.807, 2.05) is 24.3 Å². The number of likely N-dealkylation sites (N-methyl/N-ethyl adjacent to an activating group) is 1. The van der Waals surface area contributed by atoms with Crippen LogP contribution in [0.5, 0.6) is 5.75 Å². The monoisotopic (exact) mass is 491 g/mol. The van der Waals surface area contributed by atoms with Crippen molar-refractivity contribution in [3.8, 4) is 5.75 Å². The van der Waals surface area contributed by atoms with Gasteiger partial charge in [0.25, 0.3) is 5.24 Å². The number of ether oxygens (including phenoxy) is 1. The van der Waals surface area contributed by atoms with Crippen LogP contribution in [-0.2, 0) is 16.1 Å². The molecule has 2 N–H and O–H groups in total. The second-order valence-electron chi connectivity index (χ2n) is 9.05. The highest BCUT2D eigenvalue weighted by molar-refractivity contribution is 8.14. The number of hydrogen-bond acceptors (Lipinski definition) is 9. The lowest BCUT2D eigenvalue weighted by molar-refractivity contribution is -0.107. The molecule has 0 aromatic heterocycles. The van der Waals surface area contributed by atoms with Crippen LogP contribution >= 0.6 is 11.8 Å². The Morgan fingerprint density at radius 1 is 1.35 bits per heavy atom. The Hall–Kier alpha value is -2.30. The zero-order valence-electron chi connectivity index (χ0n) is 20.5. The average molecular weight is 492 g/mol. The molecule has 3 rings (SSSR count). The average Bonchev–Trinajstić information content (AvgIpc) is 3.35. The smallest absolute Gasteiger partial charge is 0.309 e. The van der Waals surface area contributed by atoms with Crippen molar-refractivity contribution >= 4 is 29.3 Å². The molecular formula is C24H37N5O4S. The van der Waals surface area contributed by atoms with Gasteiger partial charge >= 0.3 is 6.02 Å². The highest BCUT2D eigenvalue weighted by atomic mass is 32.2. The first-order valence-corrected chi connectivity index (χ1v) is 12.8. The number of nitrogens with one attached hydrogen (secondary N) is 2. The third kappa shape index (κ3) is 7.61. The van der Waals surface area contributed by atoms with E-state index in [2.05, 4.69) is 46.5 Å². The normalized spacial score (nSPS) is 19.6. The second-order valence-corrected chi connectivity index (χ2v) is 10.3. The topological polar surface area (TPSA) is 95.5 Å². The summed E-state index contributed by atoms with van der Waals surface area (Å²) >= 11 is 1.01. The molecule has 0 saturated carbocycles. The van der Waals surface area contributed by atoms with Crippen LogP contribution in [0.3, 0.4) is 0 Å². The largest absolute Gasteiger partial charge is 0.492 e. The fourth-order valence-electron chi connectivity index (χ4n) is 3.97. The fourth-order valence-corrected chi connectivity index (χ4v) is 4.70. The van der Waals surface area contributed by atoms with Crippen LogP contribution in [0.1, 0.15) is 32.3 Å². The zero-order chi connectivity index (χ0) is 24.5. The highest BCUT2D eigenvalue weighted by Gasteiger charge is 2.29. The Morgan fingerprint density at radius 3 is 2.65 bits per heavy atom. The molecule has 34 heavy (non-hydrogen) atoms. The molecule has 188 valence electrons. The molecule has 1 amide bonds. The number of hydroxylamine groups is 1. The molecule has 1 aromatic carbocycles. The van der Waals surface area contributed by atoms with E-state index < -0.39 is 5.25 Å². The molecule has 1 saturated heterocycles. The van der Waals surface area contributed by atoms with Gasteiger partial charge in [0.1, 0.15) is 24.8 Å². The molecule has 2 aliphatic heterocycles. The minimum Gasteiger partial charge on any atom is -0.492 e. The molecule has 0 radical (unpaired) electrons. The second kappa shape index (κ2) is 13.0. The van der Waals surface area contributed by atoms with Crippen LogP contribution in [-0.4, -0.2) is 85.1 Å². The minimum absolute atomic E-state index is 0.0366. The maximum absolute atomic E-state index is 11.5. The maximum Gasteiger partial charge on any atom is 0.309 e. The SMILES string of the molecule is CNC(=O)SC(C=O)Cc1ccc(OCCN(C)C2CCN(C3=NC(C(C)C)NO3)CC2)cc1. The van der Waals surface area contributed by atoms with Gasteiger partial charge in [-0.3, -0.25) is 9.69 Å². The number of carbonyl (C=O) groups is 2. The number of amides is 1. The van der Waals surface area contributed by atoms with E-state index in [9.17, 15) is 9.59 Å². The van der Waals surface area contributed by atoms with E-state index in [0.717, 1.165) is 67.9 Å². The summed E-state index contributed by atoms with van der Waals surface area (Å²) in [7, 11) is 3.71. The lowest BCUT2D eigenvalue weighted by Crippen LogP contribution is -2.46. The molecule has 9 nitrogen and oxygen atoms in total. The number of thioether (sulfide) groups is 1. The first kappa shape index (κ1) is 26.3. The van der Waals surface area contributed by atoms with Crippen LogP contribution in [0.4, 0.5) is 4.79 Å². The molecule has 2 atom stereocenters. The summed E-state index contributed by atoms with van der Waals surface area (Å²) in [5.74, 6) is 1.20. The number of hydrogen-bond donors (Lipinski definition) is 2. The molecule has 0 aliphatic carbocycles. The van der Waals surface area contributed by atoms with Gasteiger partial charge in [-0.05, 0) is 49.9 Å². The van der Waals surface area contributed by atoms with E-state index >= 15 is 0 Å². The third-order valence-electron chi connectivity index (χ3n) is 6.20. The highest BCUT2D eigenvalue weighted by Crippen LogP contribution is 2.20. The summed E-state index contributed by atoms with van der Waals surface area (Å²) in [6, 6.07) is 8.96. The summed E-state index contributed by atoms with van der Waals surface area (Å²) in [6.07, 6.45) is 3.49. The Balaban J connectivity index is 1.36. The van der Waals surface area contributed by atoms with Crippen LogP contribution in [0, 0.1) is 5.92 Å². The first-order chi connectivity index (χ1) is 16.4. The number of likely N-dealkylation sites (tertiary alicyclic amines) is 1. The van der Waals surface area contributed by atoms with E-state index in [-0.39, 0.29) is 11.4 Å². The van der Waals surface area contributed by atoms with Gasteiger partial charge in [-0.15, -0.1) is 5.48 Å². The van der Waals surface area contributed by atoms with E-state index in [0.29, 0.717) is 25.0 Å². The molecular weight excluding hydrogens is 454 g/mol. The lowest BCUT2D eigenvalue weighted by Gasteiger charge is -2.36. The molecule has 1 fully saturated rings. The standard InChI is InChI=1S/C24H37N5O4S/c1-17(2)22-26-23(33-27-22)29-11-9-19(10-12-29)28(4)13-14-32-20-7-5-18(6-8-20)15-21(16-30)34-24(31)25-3/h5-8,16-17,19,21-22,27H,9-15H2,1-4H3,(H,25,31). The van der Waals surface area contributed by atoms with Gasteiger partial charge in [0.2, 0.25) is 0 Å². The van der Waals surface area contributed by atoms with Crippen molar-refractivity contribution in [1.29, 1.82) is 0 Å². The third-order valence-corrected chi connectivity index (χ3v) is 7.20. The first-order valence-electron chi connectivity index (χ1n) is 11.9. The molecule has 10 heteroatoms. The Kier molecular flexibility index (Phi) is 10.0. The van der Waals surface area contributed by atoms with Gasteiger partial charge in [-0.2, -0.15) is 0 Å². The number of piperidine rings is 1. The summed E-state index contributed by atoms with van der Waals surface area (Å²) < 4.78 is 5.93. The van der Waals surface area contributed by atoms with Crippen molar-refractivity contribution in [2.24, 2.45) is 10.9 Å². The van der Waals surface area contributed by atoms with Crippen molar-refractivity contribution in [1.82, 2.24) is 20.6 Å². The Labute approximate surface area is 206 Å². The summed E-state index contributed by atoms with van der Waals surface area (Å²) in [4.78, 5) is 37.5. The van der Waals surface area contributed by atoms with Crippen molar-refractivity contribution in [3.63, 3.8) is 0 Å².